The molecule has 1 atom stereocenters. The van der Waals surface area contributed by atoms with Gasteiger partial charge < -0.3 is 15.0 Å². The summed E-state index contributed by atoms with van der Waals surface area (Å²) in [6.07, 6.45) is 5.20. The molecule has 0 spiro atoms. The fourth-order valence-corrected chi connectivity index (χ4v) is 2.95. The lowest BCUT2D eigenvalue weighted by atomic mass is 10.2. The highest BCUT2D eigenvalue weighted by atomic mass is 16.3. The van der Waals surface area contributed by atoms with Crippen LogP contribution in [0.4, 0.5) is 5.82 Å². The molecule has 118 valence electrons. The second-order valence-corrected chi connectivity index (χ2v) is 5.91. The van der Waals surface area contributed by atoms with Crippen LogP contribution in [0.25, 0.3) is 11.0 Å². The van der Waals surface area contributed by atoms with Crippen molar-refractivity contribution in [3.63, 3.8) is 0 Å². The molecule has 3 rings (SSSR count). The van der Waals surface area contributed by atoms with Crippen molar-refractivity contribution in [1.82, 2.24) is 19.9 Å². The zero-order valence-corrected chi connectivity index (χ0v) is 13.2. The molecular weight excluding hydrogens is 278 g/mol. The molecule has 1 aliphatic rings. The second kappa shape index (κ2) is 6.46. The summed E-state index contributed by atoms with van der Waals surface area (Å²) in [6.45, 7) is 8.15. The van der Waals surface area contributed by atoms with E-state index in [0.29, 0.717) is 13.1 Å². The van der Waals surface area contributed by atoms with E-state index in [-0.39, 0.29) is 6.10 Å². The average Bonchev–Trinajstić information content (AvgIpc) is 2.91. The first-order chi connectivity index (χ1) is 10.7. The summed E-state index contributed by atoms with van der Waals surface area (Å²) in [6, 6.07) is 1.99. The van der Waals surface area contributed by atoms with Crippen LogP contribution in [0.5, 0.6) is 0 Å². The molecule has 0 saturated carbocycles. The maximum Gasteiger partial charge on any atom is 0.142 e. The van der Waals surface area contributed by atoms with Gasteiger partial charge in [0.2, 0.25) is 0 Å². The summed E-state index contributed by atoms with van der Waals surface area (Å²) in [7, 11) is 0. The highest BCUT2D eigenvalue weighted by Gasteiger charge is 2.23. The van der Waals surface area contributed by atoms with Gasteiger partial charge in [-0.05, 0) is 19.9 Å². The lowest BCUT2D eigenvalue weighted by molar-refractivity contribution is 0.137. The van der Waals surface area contributed by atoms with E-state index in [1.807, 2.05) is 12.3 Å². The van der Waals surface area contributed by atoms with Crippen molar-refractivity contribution in [2.45, 2.75) is 20.0 Å². The van der Waals surface area contributed by atoms with E-state index in [1.165, 1.54) is 5.57 Å². The highest BCUT2D eigenvalue weighted by molar-refractivity contribution is 5.87. The number of hydrogen-bond donors (Lipinski definition) is 2. The Labute approximate surface area is 130 Å². The molecule has 1 fully saturated rings. The Morgan fingerprint density at radius 2 is 2.27 bits per heavy atom. The number of rotatable bonds is 3. The van der Waals surface area contributed by atoms with Gasteiger partial charge in [-0.25, -0.2) is 9.97 Å². The summed E-state index contributed by atoms with van der Waals surface area (Å²) < 4.78 is 0. The van der Waals surface area contributed by atoms with Crippen LogP contribution in [-0.2, 0) is 0 Å². The molecule has 0 aliphatic carbocycles. The monoisotopic (exact) mass is 301 g/mol. The number of aliphatic hydroxyl groups is 1. The molecule has 1 saturated heterocycles. The fraction of sp³-hybridized carbons (Fsp3) is 0.500. The van der Waals surface area contributed by atoms with E-state index in [0.717, 1.165) is 36.5 Å². The molecule has 1 aliphatic heterocycles. The topological polar surface area (TPSA) is 68.3 Å². The summed E-state index contributed by atoms with van der Waals surface area (Å²) in [4.78, 5) is 16.2. The van der Waals surface area contributed by atoms with Gasteiger partial charge in [0, 0.05) is 38.9 Å². The van der Waals surface area contributed by atoms with Crippen LogP contribution in [0.15, 0.2) is 30.2 Å². The fourth-order valence-electron chi connectivity index (χ4n) is 2.95. The molecule has 0 unspecified atom stereocenters. The summed E-state index contributed by atoms with van der Waals surface area (Å²) in [5.41, 5.74) is 2.17. The third-order valence-electron chi connectivity index (χ3n) is 4.18. The van der Waals surface area contributed by atoms with Gasteiger partial charge in [-0.2, -0.15) is 0 Å². The van der Waals surface area contributed by atoms with E-state index in [1.54, 1.807) is 6.33 Å². The Bertz CT molecular complexity index is 665. The van der Waals surface area contributed by atoms with Crippen molar-refractivity contribution >= 4 is 16.9 Å². The quantitative estimate of drug-likeness (QED) is 0.839. The molecular formula is C16H23N5O. The van der Waals surface area contributed by atoms with Crippen molar-refractivity contribution in [3.8, 4) is 0 Å². The maximum atomic E-state index is 10.3. The van der Waals surface area contributed by atoms with Gasteiger partial charge in [-0.15, -0.1) is 0 Å². The van der Waals surface area contributed by atoms with Crippen LogP contribution < -0.4 is 4.90 Å². The lowest BCUT2D eigenvalue weighted by Gasteiger charge is -2.23. The molecule has 2 aromatic rings. The number of aromatic nitrogens is 3. The third-order valence-corrected chi connectivity index (χ3v) is 4.18. The number of H-pyrrole nitrogens is 1. The molecule has 0 amide bonds. The summed E-state index contributed by atoms with van der Waals surface area (Å²) >= 11 is 0. The molecule has 2 N–H and O–H groups in total. The van der Waals surface area contributed by atoms with Gasteiger partial charge in [0.1, 0.15) is 17.8 Å². The van der Waals surface area contributed by atoms with Gasteiger partial charge >= 0.3 is 0 Å². The zero-order valence-electron chi connectivity index (χ0n) is 13.2. The van der Waals surface area contributed by atoms with Crippen LogP contribution in [-0.4, -0.2) is 63.8 Å². The van der Waals surface area contributed by atoms with Gasteiger partial charge in [0.15, 0.2) is 0 Å². The van der Waals surface area contributed by atoms with Gasteiger partial charge in [0.05, 0.1) is 11.5 Å². The van der Waals surface area contributed by atoms with Gasteiger partial charge in [0.25, 0.3) is 0 Å². The van der Waals surface area contributed by atoms with Crippen molar-refractivity contribution in [3.05, 3.63) is 30.2 Å². The zero-order chi connectivity index (χ0) is 15.5. The van der Waals surface area contributed by atoms with Gasteiger partial charge in [-0.1, -0.05) is 11.6 Å². The second-order valence-electron chi connectivity index (χ2n) is 5.91. The van der Waals surface area contributed by atoms with E-state index in [2.05, 4.69) is 44.7 Å². The first-order valence-electron chi connectivity index (χ1n) is 7.72. The Kier molecular flexibility index (Phi) is 4.40. The minimum atomic E-state index is -0.379. The predicted octanol–water partition coefficient (Wildman–Crippen LogP) is 1.41. The molecule has 22 heavy (non-hydrogen) atoms. The maximum absolute atomic E-state index is 10.3. The van der Waals surface area contributed by atoms with Crippen molar-refractivity contribution in [2.24, 2.45) is 0 Å². The third kappa shape index (κ3) is 3.13. The van der Waals surface area contributed by atoms with Crippen LogP contribution in [0.2, 0.25) is 0 Å². The van der Waals surface area contributed by atoms with Crippen LogP contribution >= 0.6 is 0 Å². The van der Waals surface area contributed by atoms with Crippen molar-refractivity contribution in [1.29, 1.82) is 0 Å². The number of fused-ring (bicyclic) bond motifs is 1. The highest BCUT2D eigenvalue weighted by Crippen LogP contribution is 2.23. The molecule has 2 aromatic heterocycles. The first-order valence-corrected chi connectivity index (χ1v) is 7.72. The standard InChI is InChI=1S/C16H23N5O/c1-3-12(2)8-20-6-7-21(10-13(22)9-20)16-14-4-5-17-15(14)18-11-19-16/h3-5,11,13,22H,6-10H2,1-2H3,(H,17,18,19)/b12-3+/t13-/m0/s1. The number of nitrogens with zero attached hydrogens (tertiary/aromatic N) is 4. The molecule has 0 bridgehead atoms. The Morgan fingerprint density at radius 1 is 1.41 bits per heavy atom. The molecule has 6 nitrogen and oxygen atoms in total. The lowest BCUT2D eigenvalue weighted by Crippen LogP contribution is -2.34. The molecule has 0 radical (unpaired) electrons. The first kappa shape index (κ1) is 15.0. The van der Waals surface area contributed by atoms with E-state index in [4.69, 9.17) is 0 Å². The SMILES string of the molecule is C/C=C(\C)CN1CCN(c2ncnc3[nH]ccc23)C[C@@H](O)C1. The number of anilines is 1. The predicted molar refractivity (Wildman–Crippen MR) is 88.0 cm³/mol. The summed E-state index contributed by atoms with van der Waals surface area (Å²) in [5, 5.41) is 11.4. The number of aromatic amines is 1. The number of aliphatic hydroxyl groups excluding tert-OH is 1. The van der Waals surface area contributed by atoms with Gasteiger partial charge in [-0.3, -0.25) is 4.90 Å². The van der Waals surface area contributed by atoms with E-state index >= 15 is 0 Å². The number of hydrogen-bond acceptors (Lipinski definition) is 5. The Morgan fingerprint density at radius 3 is 3.09 bits per heavy atom. The van der Waals surface area contributed by atoms with E-state index < -0.39 is 0 Å². The summed E-state index contributed by atoms with van der Waals surface area (Å²) in [5.74, 6) is 0.898. The number of nitrogens with one attached hydrogen (secondary N) is 1. The van der Waals surface area contributed by atoms with Crippen LogP contribution in [0.1, 0.15) is 13.8 Å². The largest absolute Gasteiger partial charge is 0.390 e. The number of allylic oxidation sites excluding steroid dienone is 1. The van der Waals surface area contributed by atoms with Crippen LogP contribution in [0.3, 0.4) is 0 Å². The van der Waals surface area contributed by atoms with Crippen LogP contribution in [0, 0.1) is 0 Å². The average molecular weight is 301 g/mol. The molecule has 0 aromatic carbocycles. The number of β-amino-alcohol motifs (C(OH)–C–C–N with tert-alkyl or cyclic N) is 1. The van der Waals surface area contributed by atoms with E-state index in [9.17, 15) is 5.11 Å². The Balaban J connectivity index is 1.80. The van der Waals surface area contributed by atoms with Crippen molar-refractivity contribution in [2.75, 3.05) is 37.6 Å². The molecule has 3 heterocycles. The Hall–Kier alpha value is -1.92. The minimum Gasteiger partial charge on any atom is -0.390 e. The molecule has 6 heteroatoms. The smallest absolute Gasteiger partial charge is 0.142 e. The minimum absolute atomic E-state index is 0.379. The normalized spacial score (nSPS) is 21.3. The van der Waals surface area contributed by atoms with Crippen molar-refractivity contribution < 1.29 is 5.11 Å².